The highest BCUT2D eigenvalue weighted by atomic mass is 19.1. The van der Waals surface area contributed by atoms with E-state index in [9.17, 15) is 18.8 Å². The Bertz CT molecular complexity index is 834. The van der Waals surface area contributed by atoms with Crippen LogP contribution in [-0.2, 0) is 20.9 Å². The maximum atomic E-state index is 12.8. The Hall–Kier alpha value is -2.90. The van der Waals surface area contributed by atoms with E-state index in [1.807, 2.05) is 28.8 Å². The summed E-state index contributed by atoms with van der Waals surface area (Å²) in [6.45, 7) is 0.330. The second kappa shape index (κ2) is 10.4. The van der Waals surface area contributed by atoms with Gasteiger partial charge < -0.3 is 20.4 Å². The van der Waals surface area contributed by atoms with Gasteiger partial charge in [0.15, 0.2) is 0 Å². The predicted molar refractivity (Wildman–Crippen MR) is 103 cm³/mol. The van der Waals surface area contributed by atoms with Crippen LogP contribution in [0.15, 0.2) is 30.5 Å². The molecule has 0 fully saturated rings. The lowest BCUT2D eigenvalue weighted by atomic mass is 10.1. The monoisotopic (exact) mass is 391 g/mol. The zero-order valence-corrected chi connectivity index (χ0v) is 15.9. The minimum Gasteiger partial charge on any atom is -0.467 e. The van der Waals surface area contributed by atoms with Crippen LogP contribution in [0.3, 0.4) is 0 Å². The van der Waals surface area contributed by atoms with Gasteiger partial charge in [0.1, 0.15) is 6.04 Å². The van der Waals surface area contributed by atoms with Crippen LogP contribution in [0.4, 0.5) is 4.39 Å². The average Bonchev–Trinajstić information content (AvgIpc) is 3.06. The summed E-state index contributed by atoms with van der Waals surface area (Å²) in [4.78, 5) is 35.8. The minimum absolute atomic E-state index is 0.0453. The molecule has 0 radical (unpaired) electrons. The third-order valence-electron chi connectivity index (χ3n) is 4.54. The zero-order valence-electron chi connectivity index (χ0n) is 15.9. The fourth-order valence-electron chi connectivity index (χ4n) is 3.08. The van der Waals surface area contributed by atoms with Crippen LogP contribution < -0.4 is 11.1 Å². The van der Waals surface area contributed by atoms with Gasteiger partial charge >= 0.3 is 5.97 Å². The number of alkyl halides is 1. The van der Waals surface area contributed by atoms with E-state index in [0.29, 0.717) is 18.5 Å². The third kappa shape index (κ3) is 5.55. The first-order chi connectivity index (χ1) is 13.5. The Labute approximate surface area is 163 Å². The number of nitrogens with one attached hydrogen (secondary N) is 1. The predicted octanol–water partition coefficient (Wildman–Crippen LogP) is 2.32. The van der Waals surface area contributed by atoms with E-state index in [2.05, 4.69) is 5.32 Å². The summed E-state index contributed by atoms with van der Waals surface area (Å²) in [5.74, 6) is -1.63. The van der Waals surface area contributed by atoms with Crippen LogP contribution in [0.2, 0.25) is 0 Å². The fraction of sp³-hybridized carbons (Fsp3) is 0.450. The van der Waals surface area contributed by atoms with Gasteiger partial charge in [-0.3, -0.25) is 14.0 Å². The first-order valence-corrected chi connectivity index (χ1v) is 9.28. The second-order valence-corrected chi connectivity index (χ2v) is 6.56. The number of unbranched alkanes of at least 4 members (excludes halogenated alkanes) is 2. The summed E-state index contributed by atoms with van der Waals surface area (Å²) in [5.41, 5.74) is 6.45. The molecule has 2 rings (SSSR count). The number of primary amides is 1. The fourth-order valence-corrected chi connectivity index (χ4v) is 3.08. The Kier molecular flexibility index (Phi) is 7.98. The number of methoxy groups -OCH3 is 1. The Balaban J connectivity index is 2.21. The number of carbonyl (C=O) groups excluding carboxylic acids is 3. The number of para-hydroxylation sites is 1. The molecule has 1 aromatic carbocycles. The molecule has 0 unspecified atom stereocenters. The summed E-state index contributed by atoms with van der Waals surface area (Å²) >= 11 is 0. The van der Waals surface area contributed by atoms with Gasteiger partial charge in [-0.1, -0.05) is 18.2 Å². The molecular weight excluding hydrogens is 365 g/mol. The number of nitrogens with zero attached hydrogens (tertiary/aromatic N) is 1. The van der Waals surface area contributed by atoms with Crippen molar-refractivity contribution in [3.63, 3.8) is 0 Å². The van der Waals surface area contributed by atoms with E-state index in [1.165, 1.54) is 7.11 Å². The van der Waals surface area contributed by atoms with Crippen LogP contribution in [-0.4, -0.2) is 42.2 Å². The molecule has 2 aromatic rings. The zero-order chi connectivity index (χ0) is 20.5. The molecule has 3 N–H and O–H groups in total. The SMILES string of the molecule is COC(=O)[C@H](CCC(N)=O)NC(=O)c1cn(CCCCCF)c2ccccc12. The Morgan fingerprint density at radius 1 is 1.21 bits per heavy atom. The lowest BCUT2D eigenvalue weighted by Gasteiger charge is -2.15. The highest BCUT2D eigenvalue weighted by molar-refractivity contribution is 6.08. The van der Waals surface area contributed by atoms with Crippen LogP contribution in [0.1, 0.15) is 42.5 Å². The highest BCUT2D eigenvalue weighted by Crippen LogP contribution is 2.22. The molecule has 0 aliphatic heterocycles. The van der Waals surface area contributed by atoms with Gasteiger partial charge in [0.05, 0.1) is 19.3 Å². The van der Waals surface area contributed by atoms with E-state index >= 15 is 0 Å². The maximum Gasteiger partial charge on any atom is 0.328 e. The first-order valence-electron chi connectivity index (χ1n) is 9.28. The van der Waals surface area contributed by atoms with E-state index in [1.54, 1.807) is 6.20 Å². The van der Waals surface area contributed by atoms with Gasteiger partial charge in [-0.25, -0.2) is 4.79 Å². The molecule has 1 aromatic heterocycles. The standard InChI is InChI=1S/C20H26FN3O4/c1-28-20(27)16(9-10-18(22)25)23-19(26)15-13-24(12-6-2-5-11-21)17-8-4-3-7-14(15)17/h3-4,7-8,13,16H,2,5-6,9-12H2,1H3,(H2,22,25)(H,23,26)/t16-/m0/s1. The second-order valence-electron chi connectivity index (χ2n) is 6.56. The molecule has 0 bridgehead atoms. The van der Waals surface area contributed by atoms with Gasteiger partial charge in [0.2, 0.25) is 5.91 Å². The molecular formula is C20H26FN3O4. The summed E-state index contributed by atoms with van der Waals surface area (Å²) in [6.07, 6.45) is 3.84. The van der Waals surface area contributed by atoms with E-state index in [-0.39, 0.29) is 19.5 Å². The van der Waals surface area contributed by atoms with Gasteiger partial charge in [0, 0.05) is 30.1 Å². The number of carbonyl (C=O) groups is 3. The van der Waals surface area contributed by atoms with Crippen LogP contribution in [0, 0.1) is 0 Å². The van der Waals surface area contributed by atoms with Crippen LogP contribution >= 0.6 is 0 Å². The molecule has 0 saturated heterocycles. The normalized spacial score (nSPS) is 11.9. The van der Waals surface area contributed by atoms with Crippen molar-refractivity contribution >= 4 is 28.7 Å². The molecule has 28 heavy (non-hydrogen) atoms. The number of aromatic nitrogens is 1. The van der Waals surface area contributed by atoms with E-state index in [4.69, 9.17) is 10.5 Å². The largest absolute Gasteiger partial charge is 0.467 e. The average molecular weight is 391 g/mol. The van der Waals surface area contributed by atoms with Crippen molar-refractivity contribution < 1.29 is 23.5 Å². The molecule has 0 aliphatic rings. The topological polar surface area (TPSA) is 103 Å². The number of fused-ring (bicyclic) bond motifs is 1. The summed E-state index contributed by atoms with van der Waals surface area (Å²) in [5, 5.41) is 3.39. The van der Waals surface area contributed by atoms with Crippen molar-refractivity contribution in [2.75, 3.05) is 13.8 Å². The molecule has 152 valence electrons. The van der Waals surface area contributed by atoms with Crippen molar-refractivity contribution in [1.29, 1.82) is 0 Å². The van der Waals surface area contributed by atoms with Gasteiger partial charge in [-0.15, -0.1) is 0 Å². The molecule has 8 heteroatoms. The number of hydrogen-bond donors (Lipinski definition) is 2. The van der Waals surface area contributed by atoms with Crippen molar-refractivity contribution in [2.24, 2.45) is 5.73 Å². The molecule has 2 amide bonds. The number of benzene rings is 1. The molecule has 7 nitrogen and oxygen atoms in total. The van der Waals surface area contributed by atoms with Gasteiger partial charge in [-0.05, 0) is 31.7 Å². The van der Waals surface area contributed by atoms with Gasteiger partial charge in [-0.2, -0.15) is 0 Å². The number of amides is 2. The molecule has 0 saturated carbocycles. The first kappa shape index (κ1) is 21.4. The number of ether oxygens (including phenoxy) is 1. The van der Waals surface area contributed by atoms with Gasteiger partial charge in [0.25, 0.3) is 5.91 Å². The summed E-state index contributed by atoms with van der Waals surface area (Å²) in [7, 11) is 1.22. The molecule has 1 atom stereocenters. The molecule has 0 aliphatic carbocycles. The highest BCUT2D eigenvalue weighted by Gasteiger charge is 2.24. The minimum atomic E-state index is -0.961. The lowest BCUT2D eigenvalue weighted by molar-refractivity contribution is -0.143. The number of halogens is 1. The van der Waals surface area contributed by atoms with Crippen molar-refractivity contribution in [3.8, 4) is 0 Å². The number of nitrogens with two attached hydrogens (primary N) is 1. The number of aryl methyl sites for hydroxylation is 1. The number of hydrogen-bond acceptors (Lipinski definition) is 4. The Morgan fingerprint density at radius 2 is 1.96 bits per heavy atom. The van der Waals surface area contributed by atoms with E-state index < -0.39 is 23.8 Å². The maximum absolute atomic E-state index is 12.8. The van der Waals surface area contributed by atoms with Crippen molar-refractivity contribution in [1.82, 2.24) is 9.88 Å². The smallest absolute Gasteiger partial charge is 0.328 e. The van der Waals surface area contributed by atoms with Crippen molar-refractivity contribution in [3.05, 3.63) is 36.0 Å². The summed E-state index contributed by atoms with van der Waals surface area (Å²) in [6, 6.07) is 6.49. The van der Waals surface area contributed by atoms with Crippen molar-refractivity contribution in [2.45, 2.75) is 44.7 Å². The number of esters is 1. The molecule has 0 spiro atoms. The quantitative estimate of drug-likeness (QED) is 0.453. The summed E-state index contributed by atoms with van der Waals surface area (Å²) < 4.78 is 19.0. The van der Waals surface area contributed by atoms with E-state index in [0.717, 1.165) is 23.7 Å². The Morgan fingerprint density at radius 3 is 2.64 bits per heavy atom. The number of rotatable bonds is 11. The third-order valence-corrected chi connectivity index (χ3v) is 4.54. The van der Waals surface area contributed by atoms with Crippen LogP contribution in [0.5, 0.6) is 0 Å². The van der Waals surface area contributed by atoms with Crippen LogP contribution in [0.25, 0.3) is 10.9 Å². The molecule has 1 heterocycles. The lowest BCUT2D eigenvalue weighted by Crippen LogP contribution is -2.42.